The van der Waals surface area contributed by atoms with Crippen LogP contribution < -0.4 is 14.8 Å². The molecule has 0 aliphatic heterocycles. The third kappa shape index (κ3) is 4.95. The molecule has 0 saturated heterocycles. The maximum Gasteiger partial charge on any atom is 0.255 e. The maximum absolute atomic E-state index is 12.8. The Morgan fingerprint density at radius 2 is 1.53 bits per heavy atom. The summed E-state index contributed by atoms with van der Waals surface area (Å²) >= 11 is 3.40. The van der Waals surface area contributed by atoms with Crippen LogP contribution in [-0.4, -0.2) is 44.0 Å². The highest BCUT2D eigenvalue weighted by Crippen LogP contribution is 2.35. The molecule has 2 amide bonds. The summed E-state index contributed by atoms with van der Waals surface area (Å²) in [5, 5.41) is 2.85. The number of carbonyl (C=O) groups excluding carboxylic acids is 2. The van der Waals surface area contributed by atoms with E-state index in [4.69, 9.17) is 9.47 Å². The van der Waals surface area contributed by atoms with Gasteiger partial charge in [-0.1, -0.05) is 19.3 Å². The van der Waals surface area contributed by atoms with Crippen molar-refractivity contribution in [1.29, 1.82) is 0 Å². The smallest absolute Gasteiger partial charge is 0.255 e. The fraction of sp³-hybridized carbons (Fsp3) is 0.391. The van der Waals surface area contributed by atoms with Crippen LogP contribution in [0.1, 0.15) is 52.8 Å². The van der Waals surface area contributed by atoms with Crippen LogP contribution in [0.4, 0.5) is 5.69 Å². The van der Waals surface area contributed by atoms with Crippen LogP contribution in [0.25, 0.3) is 0 Å². The van der Waals surface area contributed by atoms with E-state index in [0.29, 0.717) is 38.8 Å². The highest BCUT2D eigenvalue weighted by atomic mass is 79.9. The van der Waals surface area contributed by atoms with Crippen LogP contribution in [-0.2, 0) is 0 Å². The lowest BCUT2D eigenvalue weighted by Gasteiger charge is -2.31. The van der Waals surface area contributed by atoms with Crippen LogP contribution in [0.15, 0.2) is 40.9 Å². The molecule has 160 valence electrons. The van der Waals surface area contributed by atoms with Crippen molar-refractivity contribution in [3.63, 3.8) is 0 Å². The van der Waals surface area contributed by atoms with E-state index in [1.54, 1.807) is 36.4 Å². The summed E-state index contributed by atoms with van der Waals surface area (Å²) in [6.07, 6.45) is 5.74. The van der Waals surface area contributed by atoms with Crippen LogP contribution in [0.3, 0.4) is 0 Å². The van der Waals surface area contributed by atoms with Gasteiger partial charge < -0.3 is 19.7 Å². The van der Waals surface area contributed by atoms with Gasteiger partial charge in [0.25, 0.3) is 11.8 Å². The Labute approximate surface area is 185 Å². The average Bonchev–Trinajstić information content (AvgIpc) is 2.79. The Morgan fingerprint density at radius 1 is 0.967 bits per heavy atom. The zero-order valence-electron chi connectivity index (χ0n) is 17.5. The van der Waals surface area contributed by atoms with E-state index < -0.39 is 0 Å². The van der Waals surface area contributed by atoms with Gasteiger partial charge in [0.1, 0.15) is 16.0 Å². The number of hydrogen-bond acceptors (Lipinski definition) is 4. The second-order valence-electron chi connectivity index (χ2n) is 7.43. The number of nitrogens with one attached hydrogen (secondary N) is 1. The van der Waals surface area contributed by atoms with Crippen molar-refractivity contribution in [2.45, 2.75) is 38.1 Å². The van der Waals surface area contributed by atoms with Gasteiger partial charge in [0.2, 0.25) is 0 Å². The fourth-order valence-corrected chi connectivity index (χ4v) is 4.29. The second kappa shape index (κ2) is 9.98. The molecule has 30 heavy (non-hydrogen) atoms. The molecule has 0 heterocycles. The fourth-order valence-electron chi connectivity index (χ4n) is 3.74. The SMILES string of the molecule is COc1cc(C(=O)Nc2ccc(C(=O)N(C)C3CCCCC3)cc2)cc(OC)c1Br. The lowest BCUT2D eigenvalue weighted by molar-refractivity contribution is 0.0696. The standard InChI is InChI=1S/C23H27BrN2O4/c1-26(18-7-5-4-6-8-18)23(28)15-9-11-17(12-10-15)25-22(27)16-13-19(29-2)21(24)20(14-16)30-3/h9-14,18H,4-8H2,1-3H3,(H,25,27). The molecule has 0 unspecified atom stereocenters. The highest BCUT2D eigenvalue weighted by Gasteiger charge is 2.23. The molecule has 0 spiro atoms. The first-order valence-electron chi connectivity index (χ1n) is 10.0. The number of halogens is 1. The molecule has 1 N–H and O–H groups in total. The first kappa shape index (κ1) is 22.2. The maximum atomic E-state index is 12.8. The molecular weight excluding hydrogens is 448 g/mol. The summed E-state index contributed by atoms with van der Waals surface area (Å²) in [5.41, 5.74) is 1.63. The number of nitrogens with zero attached hydrogens (tertiary/aromatic N) is 1. The van der Waals surface area contributed by atoms with Crippen molar-refractivity contribution in [1.82, 2.24) is 4.90 Å². The summed E-state index contributed by atoms with van der Waals surface area (Å²) in [5.74, 6) is 0.733. The zero-order valence-corrected chi connectivity index (χ0v) is 19.1. The number of anilines is 1. The number of rotatable bonds is 6. The van der Waals surface area contributed by atoms with Gasteiger partial charge >= 0.3 is 0 Å². The largest absolute Gasteiger partial charge is 0.495 e. The number of carbonyl (C=O) groups is 2. The monoisotopic (exact) mass is 474 g/mol. The van der Waals surface area contributed by atoms with Crippen LogP contribution in [0, 0.1) is 0 Å². The molecule has 1 saturated carbocycles. The highest BCUT2D eigenvalue weighted by molar-refractivity contribution is 9.10. The zero-order chi connectivity index (χ0) is 21.7. The Hall–Kier alpha value is -2.54. The van der Waals surface area contributed by atoms with Gasteiger partial charge in [0.15, 0.2) is 0 Å². The number of amides is 2. The number of methoxy groups -OCH3 is 2. The summed E-state index contributed by atoms with van der Waals surface area (Å²) in [4.78, 5) is 27.3. The number of hydrogen-bond donors (Lipinski definition) is 1. The first-order valence-corrected chi connectivity index (χ1v) is 10.8. The molecule has 2 aromatic carbocycles. The van der Waals surface area contributed by atoms with Crippen LogP contribution >= 0.6 is 15.9 Å². The molecule has 3 rings (SSSR count). The van der Waals surface area contributed by atoms with Crippen molar-refractivity contribution >= 4 is 33.4 Å². The van der Waals surface area contributed by atoms with Crippen molar-refractivity contribution in [3.8, 4) is 11.5 Å². The normalized spacial score (nSPS) is 14.1. The summed E-state index contributed by atoms with van der Waals surface area (Å²) in [6, 6.07) is 10.6. The molecule has 7 heteroatoms. The predicted molar refractivity (Wildman–Crippen MR) is 121 cm³/mol. The lowest BCUT2D eigenvalue weighted by atomic mass is 9.94. The van der Waals surface area contributed by atoms with Crippen LogP contribution in [0.5, 0.6) is 11.5 Å². The van der Waals surface area contributed by atoms with Gasteiger partial charge in [-0.3, -0.25) is 9.59 Å². The Kier molecular flexibility index (Phi) is 7.37. The van der Waals surface area contributed by atoms with E-state index in [0.717, 1.165) is 12.8 Å². The van der Waals surface area contributed by atoms with E-state index in [1.165, 1.54) is 33.5 Å². The van der Waals surface area contributed by atoms with Gasteiger partial charge in [-0.25, -0.2) is 0 Å². The van der Waals surface area contributed by atoms with Crippen molar-refractivity contribution in [3.05, 3.63) is 52.0 Å². The molecule has 0 bridgehead atoms. The van der Waals surface area contributed by atoms with Gasteiger partial charge in [-0.05, 0) is 65.2 Å². The minimum atomic E-state index is -0.294. The lowest BCUT2D eigenvalue weighted by Crippen LogP contribution is -2.38. The average molecular weight is 475 g/mol. The molecule has 0 atom stereocenters. The van der Waals surface area contributed by atoms with Gasteiger partial charge in [0, 0.05) is 29.9 Å². The Bertz CT molecular complexity index is 883. The number of ether oxygens (including phenoxy) is 2. The third-order valence-electron chi connectivity index (χ3n) is 5.54. The molecule has 1 fully saturated rings. The molecule has 2 aromatic rings. The Balaban J connectivity index is 1.69. The van der Waals surface area contributed by atoms with Crippen molar-refractivity contribution < 1.29 is 19.1 Å². The Morgan fingerprint density at radius 3 is 2.07 bits per heavy atom. The quantitative estimate of drug-likeness (QED) is 0.630. The molecule has 6 nitrogen and oxygen atoms in total. The third-order valence-corrected chi connectivity index (χ3v) is 6.32. The topological polar surface area (TPSA) is 67.9 Å². The minimum absolute atomic E-state index is 0.0159. The molecule has 1 aliphatic carbocycles. The van der Waals surface area contributed by atoms with E-state index >= 15 is 0 Å². The van der Waals surface area contributed by atoms with Crippen molar-refractivity contribution in [2.24, 2.45) is 0 Å². The van der Waals surface area contributed by atoms with E-state index in [-0.39, 0.29) is 11.8 Å². The molecule has 0 radical (unpaired) electrons. The summed E-state index contributed by atoms with van der Waals surface area (Å²) in [7, 11) is 4.94. The summed E-state index contributed by atoms with van der Waals surface area (Å²) in [6.45, 7) is 0. The van der Waals surface area contributed by atoms with Gasteiger partial charge in [-0.15, -0.1) is 0 Å². The van der Waals surface area contributed by atoms with E-state index in [2.05, 4.69) is 21.2 Å². The summed E-state index contributed by atoms with van der Waals surface area (Å²) < 4.78 is 11.2. The minimum Gasteiger partial charge on any atom is -0.495 e. The predicted octanol–water partition coefficient (Wildman–Crippen LogP) is 5.12. The van der Waals surface area contributed by atoms with Crippen LogP contribution in [0.2, 0.25) is 0 Å². The van der Waals surface area contributed by atoms with E-state index in [9.17, 15) is 9.59 Å². The molecule has 0 aromatic heterocycles. The number of benzene rings is 2. The molecule has 1 aliphatic rings. The molecular formula is C23H27BrN2O4. The van der Waals surface area contributed by atoms with Gasteiger partial charge in [0.05, 0.1) is 14.2 Å². The van der Waals surface area contributed by atoms with E-state index in [1.807, 2.05) is 11.9 Å². The first-order chi connectivity index (χ1) is 14.4. The van der Waals surface area contributed by atoms with Crippen molar-refractivity contribution in [2.75, 3.05) is 26.6 Å². The second-order valence-corrected chi connectivity index (χ2v) is 8.23. The van der Waals surface area contributed by atoms with Gasteiger partial charge in [-0.2, -0.15) is 0 Å².